The van der Waals surface area contributed by atoms with Gasteiger partial charge < -0.3 is 9.47 Å². The van der Waals surface area contributed by atoms with Gasteiger partial charge in [0.05, 0.1) is 6.61 Å². The quantitative estimate of drug-likeness (QED) is 0.183. The van der Waals surface area contributed by atoms with E-state index in [9.17, 15) is 9.59 Å². The molecule has 27 heavy (non-hydrogen) atoms. The van der Waals surface area contributed by atoms with Crippen LogP contribution in [0.4, 0.5) is 0 Å². The van der Waals surface area contributed by atoms with E-state index in [-0.39, 0.29) is 23.8 Å². The van der Waals surface area contributed by atoms with Crippen molar-refractivity contribution in [3.8, 4) is 0 Å². The number of halogens is 1. The van der Waals surface area contributed by atoms with Gasteiger partial charge in [-0.3, -0.25) is 9.59 Å². The van der Waals surface area contributed by atoms with Crippen LogP contribution < -0.4 is 0 Å². The molecule has 1 fully saturated rings. The smallest absolute Gasteiger partial charge is 0.303 e. The van der Waals surface area contributed by atoms with Crippen LogP contribution in [0.1, 0.15) is 73.1 Å². The number of carbonyl (C=O) groups is 2. The maximum absolute atomic E-state index is 12.2. The summed E-state index contributed by atoms with van der Waals surface area (Å²) < 4.78 is 12.8. The lowest BCUT2D eigenvalue weighted by Crippen LogP contribution is -2.43. The molecule has 4 nitrogen and oxygen atoms in total. The van der Waals surface area contributed by atoms with Gasteiger partial charge in [-0.1, -0.05) is 47.2 Å². The molecule has 1 saturated heterocycles. The number of alkyl halides is 1. The molecule has 3 atom stereocenters. The molecular weight excluding hydrogens is 455 g/mol. The topological polar surface area (TPSA) is 52.6 Å². The molecule has 5 heteroatoms. The Bertz CT molecular complexity index is 563. The second kappa shape index (κ2) is 12.0. The highest BCUT2D eigenvalue weighted by Gasteiger charge is 2.39. The molecular formula is C22H35IO4. The number of ketones is 1. The van der Waals surface area contributed by atoms with Crippen molar-refractivity contribution in [2.75, 3.05) is 11.0 Å². The van der Waals surface area contributed by atoms with Gasteiger partial charge in [-0.25, -0.2) is 0 Å². The summed E-state index contributed by atoms with van der Waals surface area (Å²) in [6, 6.07) is 0. The van der Waals surface area contributed by atoms with Crippen LogP contribution in [-0.2, 0) is 19.1 Å². The van der Waals surface area contributed by atoms with Crippen molar-refractivity contribution in [1.82, 2.24) is 0 Å². The van der Waals surface area contributed by atoms with Crippen molar-refractivity contribution >= 4 is 34.3 Å². The molecule has 0 N–H and O–H groups in total. The van der Waals surface area contributed by atoms with E-state index in [4.69, 9.17) is 9.47 Å². The van der Waals surface area contributed by atoms with Crippen LogP contribution in [0.2, 0.25) is 0 Å². The van der Waals surface area contributed by atoms with Crippen molar-refractivity contribution in [2.45, 2.75) is 84.8 Å². The Morgan fingerprint density at radius 3 is 2.67 bits per heavy atom. The zero-order valence-corrected chi connectivity index (χ0v) is 19.6. The van der Waals surface area contributed by atoms with Gasteiger partial charge in [-0.05, 0) is 58.4 Å². The molecule has 0 aromatic heterocycles. The third kappa shape index (κ3) is 8.90. The van der Waals surface area contributed by atoms with E-state index in [1.54, 1.807) is 0 Å². The van der Waals surface area contributed by atoms with Crippen LogP contribution >= 0.6 is 22.6 Å². The largest absolute Gasteiger partial charge is 0.459 e. The average molecular weight is 490 g/mol. The monoisotopic (exact) mass is 490 g/mol. The fraction of sp³-hybridized carbons (Fsp3) is 0.727. The van der Waals surface area contributed by atoms with Gasteiger partial charge in [0.2, 0.25) is 0 Å². The first-order valence-electron chi connectivity index (χ1n) is 9.89. The molecule has 1 rings (SSSR count). The molecule has 0 radical (unpaired) electrons. The van der Waals surface area contributed by atoms with Crippen LogP contribution in [0, 0.1) is 5.92 Å². The SMILES string of the molecule is CC(=O)O[C@@H]1CCC(=CCI)COC1(C)CCCC(C)C(=O)CC=C(C)C. The number of hydrogen-bond acceptors (Lipinski definition) is 4. The standard InChI is InChI=1S/C22H35IO4/c1-16(2)8-10-20(25)17(3)7-6-13-22(5)21(27-18(4)24)11-9-19(12-14-23)15-26-22/h8,12,17,21H,6-7,9-11,13-15H2,1-5H3/t17?,21-,22?/m1/s1. The third-order valence-electron chi connectivity index (χ3n) is 5.24. The summed E-state index contributed by atoms with van der Waals surface area (Å²) in [7, 11) is 0. The van der Waals surface area contributed by atoms with Crippen molar-refractivity contribution < 1.29 is 19.1 Å². The molecule has 2 unspecified atom stereocenters. The van der Waals surface area contributed by atoms with Crippen LogP contribution in [0.3, 0.4) is 0 Å². The maximum Gasteiger partial charge on any atom is 0.303 e. The molecule has 0 saturated carbocycles. The number of Topliss-reactive ketones (excluding diaryl/α,β-unsaturated/α-hetero) is 1. The fourth-order valence-corrected chi connectivity index (χ4v) is 3.98. The van der Waals surface area contributed by atoms with E-state index in [0.29, 0.717) is 13.0 Å². The van der Waals surface area contributed by atoms with Gasteiger partial charge in [0.1, 0.15) is 17.5 Å². The van der Waals surface area contributed by atoms with Gasteiger partial charge in [0, 0.05) is 23.7 Å². The molecule has 0 aliphatic carbocycles. The number of allylic oxidation sites excluding steroid dienone is 3. The van der Waals surface area contributed by atoms with E-state index in [0.717, 1.165) is 36.5 Å². The van der Waals surface area contributed by atoms with E-state index in [1.165, 1.54) is 18.1 Å². The lowest BCUT2D eigenvalue weighted by atomic mass is 9.87. The highest BCUT2D eigenvalue weighted by Crippen LogP contribution is 2.34. The molecule has 154 valence electrons. The number of hydrogen-bond donors (Lipinski definition) is 0. The molecule has 0 amide bonds. The number of ether oxygens (including phenoxy) is 2. The van der Waals surface area contributed by atoms with Crippen molar-refractivity contribution in [3.63, 3.8) is 0 Å². The van der Waals surface area contributed by atoms with E-state index in [2.05, 4.69) is 28.7 Å². The summed E-state index contributed by atoms with van der Waals surface area (Å²) in [4.78, 5) is 23.8. The Kier molecular flexibility index (Phi) is 10.8. The van der Waals surface area contributed by atoms with Gasteiger partial charge in [0.25, 0.3) is 0 Å². The summed E-state index contributed by atoms with van der Waals surface area (Å²) in [6.07, 6.45) is 8.63. The van der Waals surface area contributed by atoms with Crippen LogP contribution in [0.15, 0.2) is 23.3 Å². The van der Waals surface area contributed by atoms with Crippen molar-refractivity contribution in [1.29, 1.82) is 0 Å². The first kappa shape index (κ1) is 24.3. The predicted molar refractivity (Wildman–Crippen MR) is 118 cm³/mol. The first-order valence-corrected chi connectivity index (χ1v) is 11.4. The fourth-order valence-electron chi connectivity index (χ4n) is 3.36. The van der Waals surface area contributed by atoms with Crippen LogP contribution in [0.25, 0.3) is 0 Å². The maximum atomic E-state index is 12.2. The second-order valence-corrected chi connectivity index (χ2v) is 8.88. The Labute approximate surface area is 178 Å². The van der Waals surface area contributed by atoms with E-state index in [1.807, 2.05) is 33.8 Å². The van der Waals surface area contributed by atoms with E-state index >= 15 is 0 Å². The van der Waals surface area contributed by atoms with Gasteiger partial charge in [0.15, 0.2) is 0 Å². The molecule has 0 aromatic rings. The minimum atomic E-state index is -0.505. The Balaban J connectivity index is 2.68. The normalized spacial score (nSPS) is 25.6. The van der Waals surface area contributed by atoms with Gasteiger partial charge in [-0.2, -0.15) is 0 Å². The highest BCUT2D eigenvalue weighted by atomic mass is 127. The Morgan fingerprint density at radius 2 is 2.07 bits per heavy atom. The van der Waals surface area contributed by atoms with E-state index < -0.39 is 5.60 Å². The average Bonchev–Trinajstić information content (AvgIpc) is 2.73. The van der Waals surface area contributed by atoms with Crippen molar-refractivity contribution in [2.24, 2.45) is 5.92 Å². The zero-order valence-electron chi connectivity index (χ0n) is 17.5. The summed E-state index contributed by atoms with van der Waals surface area (Å²) in [5.41, 5.74) is 1.94. The predicted octanol–water partition coefficient (Wildman–Crippen LogP) is 5.58. The molecule has 1 aliphatic heterocycles. The second-order valence-electron chi connectivity index (χ2n) is 8.00. The van der Waals surface area contributed by atoms with Crippen LogP contribution in [-0.4, -0.2) is 34.5 Å². The zero-order chi connectivity index (χ0) is 20.4. The lowest BCUT2D eigenvalue weighted by Gasteiger charge is -2.35. The van der Waals surface area contributed by atoms with Crippen LogP contribution in [0.5, 0.6) is 0 Å². The Hall–Kier alpha value is -0.690. The summed E-state index contributed by atoms with van der Waals surface area (Å²) in [5, 5.41) is 0. The summed E-state index contributed by atoms with van der Waals surface area (Å²) in [6.45, 7) is 10.1. The summed E-state index contributed by atoms with van der Waals surface area (Å²) in [5.74, 6) is 0.0602. The third-order valence-corrected chi connectivity index (χ3v) is 5.68. The van der Waals surface area contributed by atoms with Gasteiger partial charge >= 0.3 is 5.97 Å². The first-order chi connectivity index (χ1) is 12.7. The minimum absolute atomic E-state index is 0.0385. The highest BCUT2D eigenvalue weighted by molar-refractivity contribution is 14.1. The molecule has 0 aromatic carbocycles. The Morgan fingerprint density at radius 1 is 1.37 bits per heavy atom. The number of rotatable bonds is 9. The molecule has 1 aliphatic rings. The van der Waals surface area contributed by atoms with Gasteiger partial charge in [-0.15, -0.1) is 0 Å². The van der Waals surface area contributed by atoms with Crippen molar-refractivity contribution in [3.05, 3.63) is 23.3 Å². The molecule has 0 bridgehead atoms. The summed E-state index contributed by atoms with van der Waals surface area (Å²) >= 11 is 2.33. The molecule has 0 spiro atoms. The molecule has 1 heterocycles. The minimum Gasteiger partial charge on any atom is -0.459 e. The number of carbonyl (C=O) groups excluding carboxylic acids is 2. The lowest BCUT2D eigenvalue weighted by molar-refractivity contribution is -0.167. The number of esters is 1.